The average molecular weight is 395 g/mol. The third-order valence-electron chi connectivity index (χ3n) is 5.66. The summed E-state index contributed by atoms with van der Waals surface area (Å²) in [6, 6.07) is 1.78. The largest absolute Gasteiger partial charge is 0.477 e. The van der Waals surface area contributed by atoms with Gasteiger partial charge in [-0.1, -0.05) is 0 Å². The minimum absolute atomic E-state index is 0.00344. The van der Waals surface area contributed by atoms with E-state index in [0.717, 1.165) is 36.3 Å². The Bertz CT molecular complexity index is 703. The normalized spacial score (nSPS) is 24.1. The van der Waals surface area contributed by atoms with Crippen LogP contribution in [0.5, 0.6) is 0 Å². The van der Waals surface area contributed by atoms with E-state index in [1.165, 1.54) is 11.3 Å². The summed E-state index contributed by atoms with van der Waals surface area (Å²) in [6.07, 6.45) is 4.32. The van der Waals surface area contributed by atoms with Gasteiger partial charge < -0.3 is 24.2 Å². The van der Waals surface area contributed by atoms with Crippen LogP contribution in [0.4, 0.5) is 0 Å². The molecule has 3 aliphatic heterocycles. The molecule has 4 rings (SSSR count). The van der Waals surface area contributed by atoms with Gasteiger partial charge >= 0.3 is 5.97 Å². The number of carbonyl (C=O) groups is 2. The quantitative estimate of drug-likeness (QED) is 0.821. The van der Waals surface area contributed by atoms with Gasteiger partial charge in [-0.2, -0.15) is 0 Å². The molecule has 1 spiro atoms. The van der Waals surface area contributed by atoms with Gasteiger partial charge in [-0.05, 0) is 43.7 Å². The van der Waals surface area contributed by atoms with Crippen molar-refractivity contribution in [3.8, 4) is 0 Å². The number of hydrogen-bond donors (Lipinski definition) is 1. The third-order valence-corrected chi connectivity index (χ3v) is 7.01. The highest BCUT2D eigenvalue weighted by Gasteiger charge is 2.43. The van der Waals surface area contributed by atoms with Gasteiger partial charge in [0.2, 0.25) is 5.91 Å². The first kappa shape index (κ1) is 18.9. The Balaban J connectivity index is 1.33. The molecule has 148 valence electrons. The molecule has 0 saturated carbocycles. The number of carboxylic acid groups (broad SMARTS) is 1. The Labute approximate surface area is 162 Å². The van der Waals surface area contributed by atoms with Crippen molar-refractivity contribution in [2.45, 2.75) is 43.8 Å². The van der Waals surface area contributed by atoms with Crippen LogP contribution < -0.4 is 0 Å². The highest BCUT2D eigenvalue weighted by Crippen LogP contribution is 2.45. The fraction of sp³-hybridized carbons (Fsp3) is 0.684. The van der Waals surface area contributed by atoms with Gasteiger partial charge in [0.15, 0.2) is 0 Å². The SMILES string of the molecule is O=C(O)c1cc2c(s1)C1(CCN(C(=O)COCC3CCCO3)CC1)OCC2. The van der Waals surface area contributed by atoms with Crippen LogP contribution in [0.15, 0.2) is 6.07 Å². The predicted molar refractivity (Wildman–Crippen MR) is 98.2 cm³/mol. The number of nitrogens with zero attached hydrogens (tertiary/aromatic N) is 1. The molecular weight excluding hydrogens is 370 g/mol. The molecule has 7 nitrogen and oxygen atoms in total. The van der Waals surface area contributed by atoms with E-state index < -0.39 is 11.6 Å². The van der Waals surface area contributed by atoms with Gasteiger partial charge in [0.1, 0.15) is 17.1 Å². The fourth-order valence-corrected chi connectivity index (χ4v) is 5.41. The van der Waals surface area contributed by atoms with Crippen LogP contribution in [0.25, 0.3) is 0 Å². The third kappa shape index (κ3) is 3.89. The van der Waals surface area contributed by atoms with Crippen LogP contribution in [-0.4, -0.2) is 67.5 Å². The van der Waals surface area contributed by atoms with Crippen molar-refractivity contribution in [1.29, 1.82) is 0 Å². The molecule has 4 heterocycles. The van der Waals surface area contributed by atoms with Crippen molar-refractivity contribution in [1.82, 2.24) is 4.90 Å². The molecule has 1 N–H and O–H groups in total. The smallest absolute Gasteiger partial charge is 0.345 e. The van der Waals surface area contributed by atoms with Gasteiger partial charge in [-0.3, -0.25) is 4.79 Å². The molecule has 0 radical (unpaired) electrons. The number of piperidine rings is 1. The van der Waals surface area contributed by atoms with Crippen molar-refractivity contribution in [2.75, 3.05) is 39.5 Å². The van der Waals surface area contributed by atoms with Crippen LogP contribution >= 0.6 is 11.3 Å². The van der Waals surface area contributed by atoms with Crippen molar-refractivity contribution >= 4 is 23.2 Å². The van der Waals surface area contributed by atoms with Crippen LogP contribution in [-0.2, 0) is 31.0 Å². The first-order valence-corrected chi connectivity index (χ1v) is 10.4. The number of rotatable bonds is 5. The lowest BCUT2D eigenvalue weighted by molar-refractivity contribution is -0.145. The monoisotopic (exact) mass is 395 g/mol. The summed E-state index contributed by atoms with van der Waals surface area (Å²) < 4.78 is 17.2. The number of ether oxygens (including phenoxy) is 3. The zero-order chi connectivity index (χ0) is 18.9. The Morgan fingerprint density at radius 1 is 1.33 bits per heavy atom. The lowest BCUT2D eigenvalue weighted by Gasteiger charge is -2.43. The molecule has 1 atom stereocenters. The standard InChI is InChI=1S/C19H25NO6S/c21-16(12-24-11-14-2-1-8-25-14)20-6-4-19(5-7-20)17-13(3-9-26-19)10-15(27-17)18(22)23/h10,14H,1-9,11-12H2,(H,22,23). The Morgan fingerprint density at radius 3 is 2.85 bits per heavy atom. The van der Waals surface area contributed by atoms with Crippen LogP contribution in [0.2, 0.25) is 0 Å². The fourth-order valence-electron chi connectivity index (χ4n) is 4.16. The number of carbonyl (C=O) groups excluding carboxylic acids is 1. The zero-order valence-corrected chi connectivity index (χ0v) is 16.1. The highest BCUT2D eigenvalue weighted by atomic mass is 32.1. The van der Waals surface area contributed by atoms with Gasteiger partial charge in [0.05, 0.1) is 19.3 Å². The first-order valence-electron chi connectivity index (χ1n) is 9.55. The Kier molecular flexibility index (Phi) is 5.50. The maximum absolute atomic E-state index is 12.4. The summed E-state index contributed by atoms with van der Waals surface area (Å²) in [5, 5.41) is 9.29. The average Bonchev–Trinajstić information content (AvgIpc) is 3.32. The van der Waals surface area contributed by atoms with Crippen LogP contribution in [0, 0.1) is 0 Å². The van der Waals surface area contributed by atoms with Gasteiger partial charge in [-0.15, -0.1) is 11.3 Å². The molecule has 0 bridgehead atoms. The summed E-state index contributed by atoms with van der Waals surface area (Å²) in [5.41, 5.74) is 0.643. The van der Waals surface area contributed by atoms with E-state index in [9.17, 15) is 14.7 Å². The zero-order valence-electron chi connectivity index (χ0n) is 15.3. The number of thiophene rings is 1. The molecule has 2 saturated heterocycles. The van der Waals surface area contributed by atoms with E-state index in [-0.39, 0.29) is 18.6 Å². The minimum Gasteiger partial charge on any atom is -0.477 e. The van der Waals surface area contributed by atoms with E-state index in [4.69, 9.17) is 14.2 Å². The lowest BCUT2D eigenvalue weighted by Crippen LogP contribution is -2.48. The maximum Gasteiger partial charge on any atom is 0.345 e. The molecule has 27 heavy (non-hydrogen) atoms. The highest BCUT2D eigenvalue weighted by molar-refractivity contribution is 7.14. The van der Waals surface area contributed by atoms with Crippen molar-refractivity contribution in [3.63, 3.8) is 0 Å². The molecule has 0 aliphatic carbocycles. The predicted octanol–water partition coefficient (Wildman–Crippen LogP) is 2.03. The lowest BCUT2D eigenvalue weighted by atomic mass is 9.85. The molecule has 1 unspecified atom stereocenters. The summed E-state index contributed by atoms with van der Waals surface area (Å²) in [5.74, 6) is -0.892. The molecule has 1 aromatic rings. The minimum atomic E-state index is -0.888. The molecular formula is C19H25NO6S. The Hall–Kier alpha value is -1.48. The topological polar surface area (TPSA) is 85.3 Å². The van der Waals surface area contributed by atoms with Crippen molar-refractivity contribution in [2.24, 2.45) is 0 Å². The number of fused-ring (bicyclic) bond motifs is 2. The van der Waals surface area contributed by atoms with E-state index in [0.29, 0.717) is 44.0 Å². The van der Waals surface area contributed by atoms with Gasteiger partial charge in [0.25, 0.3) is 0 Å². The summed E-state index contributed by atoms with van der Waals surface area (Å²) in [7, 11) is 0. The van der Waals surface area contributed by atoms with E-state index in [2.05, 4.69) is 0 Å². The Morgan fingerprint density at radius 2 is 2.15 bits per heavy atom. The number of likely N-dealkylation sites (tertiary alicyclic amines) is 1. The summed E-state index contributed by atoms with van der Waals surface area (Å²) >= 11 is 1.32. The molecule has 0 aromatic carbocycles. The second kappa shape index (κ2) is 7.87. The van der Waals surface area contributed by atoms with Crippen molar-refractivity contribution < 1.29 is 28.9 Å². The second-order valence-corrected chi connectivity index (χ2v) is 8.45. The molecule has 3 aliphatic rings. The number of amides is 1. The summed E-state index contributed by atoms with van der Waals surface area (Å²) in [6.45, 7) is 3.14. The molecule has 2 fully saturated rings. The first-order chi connectivity index (χ1) is 13.1. The van der Waals surface area contributed by atoms with Crippen molar-refractivity contribution in [3.05, 3.63) is 21.4 Å². The van der Waals surface area contributed by atoms with E-state index in [1.54, 1.807) is 6.07 Å². The van der Waals surface area contributed by atoms with Gasteiger partial charge in [-0.25, -0.2) is 4.79 Å². The molecule has 1 amide bonds. The molecule has 8 heteroatoms. The van der Waals surface area contributed by atoms with E-state index >= 15 is 0 Å². The number of aromatic carboxylic acids is 1. The van der Waals surface area contributed by atoms with E-state index in [1.807, 2.05) is 4.90 Å². The molecule has 1 aromatic heterocycles. The summed E-state index contributed by atoms with van der Waals surface area (Å²) in [4.78, 5) is 27.0. The number of carboxylic acids is 1. The van der Waals surface area contributed by atoms with Crippen LogP contribution in [0.1, 0.15) is 45.8 Å². The van der Waals surface area contributed by atoms with Crippen LogP contribution in [0.3, 0.4) is 0 Å². The second-order valence-electron chi connectivity index (χ2n) is 7.39. The maximum atomic E-state index is 12.4. The number of hydrogen-bond acceptors (Lipinski definition) is 6. The van der Waals surface area contributed by atoms with Gasteiger partial charge in [0, 0.05) is 24.6 Å².